The van der Waals surface area contributed by atoms with Gasteiger partial charge in [-0.15, -0.1) is 0 Å². The Morgan fingerprint density at radius 3 is 2.60 bits per heavy atom. The van der Waals surface area contributed by atoms with E-state index in [-0.39, 0.29) is 0 Å². The molecule has 0 aromatic carbocycles. The lowest BCUT2D eigenvalue weighted by atomic mass is 9.81. The van der Waals surface area contributed by atoms with Gasteiger partial charge in [-0.2, -0.15) is 0 Å². The molecule has 0 heterocycles. The van der Waals surface area contributed by atoms with Crippen molar-refractivity contribution in [1.29, 1.82) is 0 Å². The van der Waals surface area contributed by atoms with E-state index in [9.17, 15) is 0 Å². The first-order chi connectivity index (χ1) is 4.74. The summed E-state index contributed by atoms with van der Waals surface area (Å²) in [6, 6.07) is 0. The molecule has 1 aliphatic rings. The predicted molar refractivity (Wildman–Crippen MR) is 45.9 cm³/mol. The fraction of sp³-hybridized carbons (Fsp3) is 0.800. The van der Waals surface area contributed by atoms with Crippen LogP contribution in [-0.2, 0) is 0 Å². The van der Waals surface area contributed by atoms with Crippen LogP contribution >= 0.6 is 0 Å². The molecule has 0 radical (unpaired) electrons. The zero-order valence-corrected chi connectivity index (χ0v) is 7.35. The van der Waals surface area contributed by atoms with Gasteiger partial charge >= 0.3 is 0 Å². The molecule has 1 rings (SSSR count). The third kappa shape index (κ3) is 1.62. The number of allylic oxidation sites excluding steroid dienone is 2. The first kappa shape index (κ1) is 7.84. The van der Waals surface area contributed by atoms with Crippen LogP contribution in [0.4, 0.5) is 0 Å². The van der Waals surface area contributed by atoms with Crippen molar-refractivity contribution in [2.75, 3.05) is 0 Å². The van der Waals surface area contributed by atoms with Crippen LogP contribution in [-0.4, -0.2) is 0 Å². The molecule has 0 saturated carbocycles. The van der Waals surface area contributed by atoms with Crippen LogP contribution in [0.1, 0.15) is 40.0 Å². The minimum absolute atomic E-state index is 0.912. The SMILES string of the molecule is CCC1=CCC(C)C(C)C1. The van der Waals surface area contributed by atoms with E-state index in [1.165, 1.54) is 19.3 Å². The average molecular weight is 138 g/mol. The van der Waals surface area contributed by atoms with E-state index in [0.717, 1.165) is 11.8 Å². The normalized spacial score (nSPS) is 33.7. The van der Waals surface area contributed by atoms with Crippen LogP contribution in [0.2, 0.25) is 0 Å². The quantitative estimate of drug-likeness (QED) is 0.487. The Balaban J connectivity index is 2.52. The topological polar surface area (TPSA) is 0 Å². The van der Waals surface area contributed by atoms with Crippen LogP contribution in [0.3, 0.4) is 0 Å². The van der Waals surface area contributed by atoms with Crippen molar-refractivity contribution >= 4 is 0 Å². The molecule has 0 amide bonds. The van der Waals surface area contributed by atoms with Crippen LogP contribution < -0.4 is 0 Å². The molecule has 0 aromatic heterocycles. The van der Waals surface area contributed by atoms with Crippen molar-refractivity contribution in [3.8, 4) is 0 Å². The monoisotopic (exact) mass is 138 g/mol. The van der Waals surface area contributed by atoms with Gasteiger partial charge in [-0.25, -0.2) is 0 Å². The van der Waals surface area contributed by atoms with Gasteiger partial charge in [0, 0.05) is 0 Å². The molecular formula is C10H18. The Morgan fingerprint density at radius 2 is 2.10 bits per heavy atom. The van der Waals surface area contributed by atoms with Crippen molar-refractivity contribution in [3.05, 3.63) is 11.6 Å². The van der Waals surface area contributed by atoms with Crippen LogP contribution in [0.15, 0.2) is 11.6 Å². The number of hydrogen-bond acceptors (Lipinski definition) is 0. The maximum atomic E-state index is 2.44. The van der Waals surface area contributed by atoms with E-state index in [0.29, 0.717) is 0 Å². The van der Waals surface area contributed by atoms with Gasteiger partial charge in [-0.05, 0) is 31.1 Å². The molecule has 0 aliphatic heterocycles. The molecule has 0 fully saturated rings. The molecule has 0 nitrogen and oxygen atoms in total. The van der Waals surface area contributed by atoms with Gasteiger partial charge in [0.2, 0.25) is 0 Å². The van der Waals surface area contributed by atoms with Crippen molar-refractivity contribution in [3.63, 3.8) is 0 Å². The first-order valence-electron chi connectivity index (χ1n) is 4.42. The summed E-state index contributed by atoms with van der Waals surface area (Å²) in [7, 11) is 0. The standard InChI is InChI=1S/C10H18/c1-4-10-6-5-8(2)9(3)7-10/h6,8-9H,4-5,7H2,1-3H3. The van der Waals surface area contributed by atoms with Crippen molar-refractivity contribution in [2.45, 2.75) is 40.0 Å². The fourth-order valence-corrected chi connectivity index (χ4v) is 1.57. The van der Waals surface area contributed by atoms with E-state index in [4.69, 9.17) is 0 Å². The molecule has 0 N–H and O–H groups in total. The Kier molecular flexibility index (Phi) is 2.53. The first-order valence-corrected chi connectivity index (χ1v) is 4.42. The minimum atomic E-state index is 0.912. The predicted octanol–water partition coefficient (Wildman–Crippen LogP) is 3.39. The zero-order chi connectivity index (χ0) is 7.56. The van der Waals surface area contributed by atoms with Crippen LogP contribution in [0, 0.1) is 11.8 Å². The summed E-state index contributed by atoms with van der Waals surface area (Å²) < 4.78 is 0. The molecule has 0 aromatic rings. The van der Waals surface area contributed by atoms with Gasteiger partial charge in [0.25, 0.3) is 0 Å². The number of hydrogen-bond donors (Lipinski definition) is 0. The van der Waals surface area contributed by atoms with E-state index in [1.807, 2.05) is 0 Å². The van der Waals surface area contributed by atoms with Crippen molar-refractivity contribution < 1.29 is 0 Å². The Hall–Kier alpha value is -0.260. The molecule has 58 valence electrons. The van der Waals surface area contributed by atoms with E-state index < -0.39 is 0 Å². The molecule has 0 bridgehead atoms. The second-order valence-corrected chi connectivity index (χ2v) is 3.61. The Morgan fingerprint density at radius 1 is 1.40 bits per heavy atom. The van der Waals surface area contributed by atoms with E-state index in [2.05, 4.69) is 26.8 Å². The van der Waals surface area contributed by atoms with Gasteiger partial charge in [0.05, 0.1) is 0 Å². The summed E-state index contributed by atoms with van der Waals surface area (Å²) in [6.07, 6.45) is 6.35. The second-order valence-electron chi connectivity index (χ2n) is 3.61. The van der Waals surface area contributed by atoms with Crippen LogP contribution in [0.5, 0.6) is 0 Å². The zero-order valence-electron chi connectivity index (χ0n) is 7.35. The molecule has 10 heavy (non-hydrogen) atoms. The molecule has 0 saturated heterocycles. The lowest BCUT2D eigenvalue weighted by molar-refractivity contribution is 0.366. The molecule has 2 atom stereocenters. The summed E-state index contributed by atoms with van der Waals surface area (Å²) in [6.45, 7) is 6.98. The van der Waals surface area contributed by atoms with Crippen molar-refractivity contribution in [1.82, 2.24) is 0 Å². The third-order valence-corrected chi connectivity index (χ3v) is 2.79. The largest absolute Gasteiger partial charge is 0.0851 e. The smallest absolute Gasteiger partial charge is 0.0292 e. The minimum Gasteiger partial charge on any atom is -0.0851 e. The molecule has 0 spiro atoms. The lowest BCUT2D eigenvalue weighted by Crippen LogP contribution is -2.12. The fourth-order valence-electron chi connectivity index (χ4n) is 1.57. The highest BCUT2D eigenvalue weighted by atomic mass is 14.2. The molecular weight excluding hydrogens is 120 g/mol. The Bertz CT molecular complexity index is 133. The van der Waals surface area contributed by atoms with Gasteiger partial charge in [0.1, 0.15) is 0 Å². The summed E-state index contributed by atoms with van der Waals surface area (Å²) in [5.41, 5.74) is 1.67. The van der Waals surface area contributed by atoms with Crippen molar-refractivity contribution in [2.24, 2.45) is 11.8 Å². The van der Waals surface area contributed by atoms with Gasteiger partial charge < -0.3 is 0 Å². The lowest BCUT2D eigenvalue weighted by Gasteiger charge is -2.24. The Labute approximate surface area is 64.3 Å². The third-order valence-electron chi connectivity index (χ3n) is 2.79. The molecule has 1 aliphatic carbocycles. The molecule has 0 heteroatoms. The summed E-state index contributed by atoms with van der Waals surface area (Å²) in [4.78, 5) is 0. The average Bonchev–Trinajstić information content (AvgIpc) is 1.95. The summed E-state index contributed by atoms with van der Waals surface area (Å²) in [5.74, 6) is 1.83. The highest BCUT2D eigenvalue weighted by Crippen LogP contribution is 2.29. The van der Waals surface area contributed by atoms with Gasteiger partial charge in [0.15, 0.2) is 0 Å². The van der Waals surface area contributed by atoms with E-state index >= 15 is 0 Å². The van der Waals surface area contributed by atoms with E-state index in [1.54, 1.807) is 5.57 Å². The summed E-state index contributed by atoms with van der Waals surface area (Å²) >= 11 is 0. The molecule has 2 unspecified atom stereocenters. The maximum Gasteiger partial charge on any atom is -0.0292 e. The van der Waals surface area contributed by atoms with Gasteiger partial charge in [-0.1, -0.05) is 32.4 Å². The van der Waals surface area contributed by atoms with Gasteiger partial charge in [-0.3, -0.25) is 0 Å². The van der Waals surface area contributed by atoms with Crippen LogP contribution in [0.25, 0.3) is 0 Å². The highest BCUT2D eigenvalue weighted by molar-refractivity contribution is 5.06. The highest BCUT2D eigenvalue weighted by Gasteiger charge is 2.16. The number of rotatable bonds is 1. The summed E-state index contributed by atoms with van der Waals surface area (Å²) in [5, 5.41) is 0. The maximum absolute atomic E-state index is 2.44. The second kappa shape index (κ2) is 3.23.